The highest BCUT2D eigenvalue weighted by Gasteiger charge is 2.00. The first-order chi connectivity index (χ1) is 10.8. The molecule has 6 heteroatoms. The number of aryl methyl sites for hydroxylation is 1. The van der Waals surface area contributed by atoms with Crippen LogP contribution in [-0.4, -0.2) is 43.8 Å². The maximum atomic E-state index is 5.54. The number of aromatic nitrogens is 1. The van der Waals surface area contributed by atoms with Gasteiger partial charge in [-0.3, -0.25) is 4.99 Å². The molecule has 0 bridgehead atoms. The van der Waals surface area contributed by atoms with Crippen LogP contribution in [0, 0.1) is 6.92 Å². The molecule has 0 saturated carbocycles. The van der Waals surface area contributed by atoms with Crippen LogP contribution in [0.25, 0.3) is 0 Å². The molecular weight excluding hydrogens is 296 g/mol. The quantitative estimate of drug-likeness (QED) is 0.373. The number of guanidine groups is 1. The Kier molecular flexibility index (Phi) is 10.7. The Morgan fingerprint density at radius 1 is 1.27 bits per heavy atom. The van der Waals surface area contributed by atoms with Crippen LogP contribution in [0.3, 0.4) is 0 Å². The van der Waals surface area contributed by atoms with Gasteiger partial charge in [0.25, 0.3) is 0 Å². The second-order valence-corrected chi connectivity index (χ2v) is 6.18. The summed E-state index contributed by atoms with van der Waals surface area (Å²) in [7, 11) is 0. The summed E-state index contributed by atoms with van der Waals surface area (Å²) in [5, 5.41) is 9.86. The molecule has 22 heavy (non-hydrogen) atoms. The van der Waals surface area contributed by atoms with Gasteiger partial charge in [0.2, 0.25) is 0 Å². The van der Waals surface area contributed by atoms with Crippen molar-refractivity contribution >= 4 is 17.3 Å². The van der Waals surface area contributed by atoms with Gasteiger partial charge in [0.15, 0.2) is 5.96 Å². The zero-order chi connectivity index (χ0) is 16.0. The van der Waals surface area contributed by atoms with Crippen molar-refractivity contribution < 1.29 is 4.74 Å². The number of nitrogens with one attached hydrogen (secondary N) is 2. The van der Waals surface area contributed by atoms with Gasteiger partial charge in [0, 0.05) is 44.6 Å². The van der Waals surface area contributed by atoms with E-state index in [0.29, 0.717) is 0 Å². The number of hydrogen-bond acceptors (Lipinski definition) is 4. The van der Waals surface area contributed by atoms with Crippen LogP contribution < -0.4 is 10.6 Å². The normalized spacial score (nSPS) is 11.7. The number of unbranched alkanes of at least 4 members (excludes halogenated alkanes) is 1. The lowest BCUT2D eigenvalue weighted by Gasteiger charge is -2.10. The van der Waals surface area contributed by atoms with Crippen molar-refractivity contribution in [2.45, 2.75) is 46.5 Å². The van der Waals surface area contributed by atoms with Crippen molar-refractivity contribution in [2.75, 3.05) is 32.8 Å². The number of aliphatic imine (C=N–C) groups is 1. The van der Waals surface area contributed by atoms with Crippen molar-refractivity contribution in [1.82, 2.24) is 15.6 Å². The van der Waals surface area contributed by atoms with Gasteiger partial charge in [0.1, 0.15) is 0 Å². The van der Waals surface area contributed by atoms with Crippen molar-refractivity contribution in [2.24, 2.45) is 4.99 Å². The zero-order valence-corrected chi connectivity index (χ0v) is 15.0. The van der Waals surface area contributed by atoms with Crippen LogP contribution in [0.4, 0.5) is 0 Å². The number of nitrogens with zero attached hydrogens (tertiary/aromatic N) is 2. The van der Waals surface area contributed by atoms with E-state index >= 15 is 0 Å². The van der Waals surface area contributed by atoms with Crippen molar-refractivity contribution in [3.05, 3.63) is 16.1 Å². The minimum absolute atomic E-state index is 0.789. The molecule has 2 N–H and O–H groups in total. The molecule has 0 radical (unpaired) electrons. The number of thiazole rings is 1. The van der Waals surface area contributed by atoms with Gasteiger partial charge in [0.05, 0.1) is 10.7 Å². The first kappa shape index (κ1) is 18.9. The molecule has 0 aliphatic heterocycles. The van der Waals surface area contributed by atoms with Crippen molar-refractivity contribution in [3.8, 4) is 0 Å². The summed E-state index contributed by atoms with van der Waals surface area (Å²) in [4.78, 5) is 9.03. The Balaban J connectivity index is 2.18. The maximum absolute atomic E-state index is 5.54. The summed E-state index contributed by atoms with van der Waals surface area (Å²) >= 11 is 1.70. The highest BCUT2D eigenvalue weighted by molar-refractivity contribution is 7.09. The Morgan fingerprint density at radius 2 is 2.09 bits per heavy atom. The third-order valence-electron chi connectivity index (χ3n) is 3.04. The minimum atomic E-state index is 0.789. The Bertz CT molecular complexity index is 420. The SMILES string of the molecule is CCCCOCCCN=C(NCC)NCCc1csc(C)n1. The average Bonchev–Trinajstić information content (AvgIpc) is 2.92. The molecule has 1 aromatic heterocycles. The third kappa shape index (κ3) is 9.00. The molecule has 0 fully saturated rings. The van der Waals surface area contributed by atoms with E-state index in [2.05, 4.69) is 39.8 Å². The van der Waals surface area contributed by atoms with E-state index in [9.17, 15) is 0 Å². The van der Waals surface area contributed by atoms with Gasteiger partial charge in [-0.2, -0.15) is 0 Å². The van der Waals surface area contributed by atoms with E-state index in [4.69, 9.17) is 4.74 Å². The van der Waals surface area contributed by atoms with Crippen molar-refractivity contribution in [1.29, 1.82) is 0 Å². The van der Waals surface area contributed by atoms with Gasteiger partial charge < -0.3 is 15.4 Å². The topological polar surface area (TPSA) is 58.5 Å². The molecule has 1 heterocycles. The number of hydrogen-bond donors (Lipinski definition) is 2. The van der Waals surface area contributed by atoms with Crippen LogP contribution >= 0.6 is 11.3 Å². The average molecular weight is 327 g/mol. The molecule has 0 amide bonds. The van der Waals surface area contributed by atoms with E-state index < -0.39 is 0 Å². The lowest BCUT2D eigenvalue weighted by atomic mass is 10.3. The summed E-state index contributed by atoms with van der Waals surface area (Å²) in [6, 6.07) is 0. The minimum Gasteiger partial charge on any atom is -0.381 e. The van der Waals surface area contributed by atoms with Gasteiger partial charge in [-0.15, -0.1) is 11.3 Å². The van der Waals surface area contributed by atoms with Gasteiger partial charge in [-0.1, -0.05) is 13.3 Å². The first-order valence-corrected chi connectivity index (χ1v) is 9.15. The Labute approximate surface area is 138 Å². The summed E-state index contributed by atoms with van der Waals surface area (Å²) < 4.78 is 5.54. The number of rotatable bonds is 11. The molecule has 1 aromatic rings. The molecule has 0 unspecified atom stereocenters. The second kappa shape index (κ2) is 12.4. The van der Waals surface area contributed by atoms with E-state index in [-0.39, 0.29) is 0 Å². The van der Waals surface area contributed by atoms with Crippen LogP contribution in [-0.2, 0) is 11.2 Å². The summed E-state index contributed by atoms with van der Waals surface area (Å²) in [6.07, 6.45) is 4.22. The molecule has 126 valence electrons. The predicted molar refractivity (Wildman–Crippen MR) is 94.9 cm³/mol. The maximum Gasteiger partial charge on any atom is 0.191 e. The molecule has 0 aliphatic rings. The fourth-order valence-corrected chi connectivity index (χ4v) is 2.53. The van der Waals surface area contributed by atoms with Crippen LogP contribution in [0.15, 0.2) is 10.4 Å². The molecule has 0 spiro atoms. The molecule has 0 aromatic carbocycles. The monoisotopic (exact) mass is 326 g/mol. The molecule has 5 nitrogen and oxygen atoms in total. The fraction of sp³-hybridized carbons (Fsp3) is 0.750. The van der Waals surface area contributed by atoms with E-state index in [1.807, 2.05) is 6.92 Å². The molecular formula is C16H30N4OS. The van der Waals surface area contributed by atoms with E-state index in [1.165, 1.54) is 6.42 Å². The fourth-order valence-electron chi connectivity index (χ4n) is 1.88. The van der Waals surface area contributed by atoms with Gasteiger partial charge >= 0.3 is 0 Å². The zero-order valence-electron chi connectivity index (χ0n) is 14.2. The highest BCUT2D eigenvalue weighted by Crippen LogP contribution is 2.07. The largest absolute Gasteiger partial charge is 0.381 e. The summed E-state index contributed by atoms with van der Waals surface area (Å²) in [5.74, 6) is 0.878. The van der Waals surface area contributed by atoms with E-state index in [0.717, 1.165) is 68.8 Å². The van der Waals surface area contributed by atoms with Gasteiger partial charge in [-0.25, -0.2) is 4.98 Å². The first-order valence-electron chi connectivity index (χ1n) is 8.27. The summed E-state index contributed by atoms with van der Waals surface area (Å²) in [6.45, 7) is 10.5. The summed E-state index contributed by atoms with van der Waals surface area (Å²) in [5.41, 5.74) is 1.15. The second-order valence-electron chi connectivity index (χ2n) is 5.11. The third-order valence-corrected chi connectivity index (χ3v) is 3.87. The van der Waals surface area contributed by atoms with Crippen LogP contribution in [0.1, 0.15) is 43.8 Å². The Hall–Kier alpha value is -1.14. The lowest BCUT2D eigenvalue weighted by Crippen LogP contribution is -2.38. The van der Waals surface area contributed by atoms with Crippen LogP contribution in [0.2, 0.25) is 0 Å². The molecule has 0 atom stereocenters. The van der Waals surface area contributed by atoms with E-state index in [1.54, 1.807) is 11.3 Å². The van der Waals surface area contributed by atoms with Crippen molar-refractivity contribution in [3.63, 3.8) is 0 Å². The standard InChI is InChI=1S/C16H30N4OS/c1-4-6-11-21-12-7-9-18-16(17-5-2)19-10-8-15-13-22-14(3)20-15/h13H,4-12H2,1-3H3,(H2,17,18,19). The lowest BCUT2D eigenvalue weighted by molar-refractivity contribution is 0.130. The Morgan fingerprint density at radius 3 is 2.77 bits per heavy atom. The molecule has 1 rings (SSSR count). The molecule has 0 saturated heterocycles. The smallest absolute Gasteiger partial charge is 0.191 e. The van der Waals surface area contributed by atoms with Gasteiger partial charge in [-0.05, 0) is 26.7 Å². The molecule has 0 aliphatic carbocycles. The highest BCUT2D eigenvalue weighted by atomic mass is 32.1. The predicted octanol–water partition coefficient (Wildman–Crippen LogP) is 2.76. The number of ether oxygens (including phenoxy) is 1. The van der Waals surface area contributed by atoms with Crippen LogP contribution in [0.5, 0.6) is 0 Å².